The second-order valence-corrected chi connectivity index (χ2v) is 7.07. The lowest BCUT2D eigenvalue weighted by Crippen LogP contribution is -2.28. The maximum Gasteiger partial charge on any atom is 0.319 e. The molecule has 0 aliphatic rings. The first-order valence-electron chi connectivity index (χ1n) is 9.23. The van der Waals surface area contributed by atoms with Crippen LogP contribution in [0.4, 0.5) is 16.2 Å². The van der Waals surface area contributed by atoms with E-state index in [0.29, 0.717) is 23.4 Å². The molecule has 0 aliphatic heterocycles. The summed E-state index contributed by atoms with van der Waals surface area (Å²) < 4.78 is 24.9. The highest BCUT2D eigenvalue weighted by Crippen LogP contribution is 2.33. The van der Waals surface area contributed by atoms with Gasteiger partial charge in [0.15, 0.2) is 0 Å². The van der Waals surface area contributed by atoms with Gasteiger partial charge >= 0.3 is 6.03 Å². The van der Waals surface area contributed by atoms with Crippen LogP contribution in [0.25, 0.3) is 11.1 Å². The maximum atomic E-state index is 12.2. The second kappa shape index (κ2) is 10.3. The zero-order valence-corrected chi connectivity index (χ0v) is 17.4. The van der Waals surface area contributed by atoms with Crippen LogP contribution in [-0.4, -0.2) is 32.7 Å². The van der Waals surface area contributed by atoms with Gasteiger partial charge in [-0.1, -0.05) is 30.3 Å². The largest absolute Gasteiger partial charge is 0.755 e. The number of carbonyl (C=O) groups is 2. The molecule has 0 saturated heterocycles. The Balaban J connectivity index is 1.83. The smallest absolute Gasteiger partial charge is 0.319 e. The van der Waals surface area contributed by atoms with Crippen molar-refractivity contribution >= 4 is 34.6 Å². The summed E-state index contributed by atoms with van der Waals surface area (Å²) in [4.78, 5) is 28.4. The predicted octanol–water partition coefficient (Wildman–Crippen LogP) is 2.64. The number of amides is 3. The Hall–Kier alpha value is -3.76. The fraction of sp³-hybridized carbons (Fsp3) is 0.0952. The van der Waals surface area contributed by atoms with Crippen molar-refractivity contribution < 1.29 is 18.4 Å². The van der Waals surface area contributed by atoms with Crippen molar-refractivity contribution in [2.45, 2.75) is 6.54 Å². The number of aromatic nitrogens is 1. The van der Waals surface area contributed by atoms with E-state index < -0.39 is 23.2 Å². The fourth-order valence-corrected chi connectivity index (χ4v) is 3.32. The van der Waals surface area contributed by atoms with Gasteiger partial charge in [-0.25, -0.2) is 4.79 Å². The molecule has 10 heteroatoms. The number of hydrogen-bond donors (Lipinski definition) is 4. The van der Waals surface area contributed by atoms with Crippen LogP contribution in [0, 0.1) is 0 Å². The highest BCUT2D eigenvalue weighted by Gasteiger charge is 2.16. The Kier molecular flexibility index (Phi) is 7.31. The minimum absolute atomic E-state index is 0.147. The lowest BCUT2D eigenvalue weighted by molar-refractivity contribution is 0.0964. The van der Waals surface area contributed by atoms with Gasteiger partial charge < -0.3 is 25.2 Å². The Morgan fingerprint density at radius 2 is 1.90 bits per heavy atom. The lowest BCUT2D eigenvalue weighted by Gasteiger charge is -2.18. The molecule has 0 saturated carbocycles. The van der Waals surface area contributed by atoms with Gasteiger partial charge in [0.1, 0.15) is 0 Å². The molecule has 3 aromatic rings. The number of benzene rings is 2. The fourth-order valence-electron chi connectivity index (χ4n) is 2.93. The Morgan fingerprint density at radius 3 is 2.61 bits per heavy atom. The average Bonchev–Trinajstić information content (AvgIpc) is 2.78. The van der Waals surface area contributed by atoms with E-state index in [4.69, 9.17) is 0 Å². The van der Waals surface area contributed by atoms with Gasteiger partial charge in [0.25, 0.3) is 5.91 Å². The molecule has 2 aromatic carbocycles. The SMILES string of the molecule is CNC(=O)c1cccc(-c2cccc(NC(=O)NCc3cccnc3)c2)c1NS(=O)[O-]. The number of urea groups is 1. The van der Waals surface area contributed by atoms with Crippen LogP contribution >= 0.6 is 0 Å². The number of nitrogens with zero attached hydrogens (tertiary/aromatic N) is 1. The quantitative estimate of drug-likeness (QED) is 0.421. The van der Waals surface area contributed by atoms with Crippen LogP contribution < -0.4 is 20.7 Å². The first-order chi connectivity index (χ1) is 15.0. The maximum absolute atomic E-state index is 12.2. The summed E-state index contributed by atoms with van der Waals surface area (Å²) in [5.41, 5.74) is 2.79. The molecule has 3 rings (SSSR count). The molecule has 1 atom stereocenters. The molecule has 1 heterocycles. The van der Waals surface area contributed by atoms with E-state index in [9.17, 15) is 18.4 Å². The molecule has 0 fully saturated rings. The van der Waals surface area contributed by atoms with E-state index in [0.717, 1.165) is 5.56 Å². The molecule has 1 unspecified atom stereocenters. The van der Waals surface area contributed by atoms with Gasteiger partial charge in [-0.3, -0.25) is 14.0 Å². The predicted molar refractivity (Wildman–Crippen MR) is 118 cm³/mol. The van der Waals surface area contributed by atoms with Crippen molar-refractivity contribution in [2.75, 3.05) is 17.1 Å². The summed E-state index contributed by atoms with van der Waals surface area (Å²) in [7, 11) is 1.46. The van der Waals surface area contributed by atoms with Crippen molar-refractivity contribution in [1.29, 1.82) is 0 Å². The lowest BCUT2D eigenvalue weighted by atomic mass is 9.99. The standard InChI is InChI=1S/C21H21N5O4S/c1-22-20(27)18-9-3-8-17(19(18)26-31(29)30)15-6-2-7-16(11-15)25-21(28)24-13-14-5-4-10-23-12-14/h2-12,26H,13H2,1H3,(H,22,27)(H,29,30)(H2,24,25,28)/p-1. The van der Waals surface area contributed by atoms with Crippen LogP contribution in [0.5, 0.6) is 0 Å². The van der Waals surface area contributed by atoms with E-state index >= 15 is 0 Å². The highest BCUT2D eigenvalue weighted by molar-refractivity contribution is 7.80. The monoisotopic (exact) mass is 438 g/mol. The molecule has 0 radical (unpaired) electrons. The molecular formula is C21H20N5O4S-. The van der Waals surface area contributed by atoms with Crippen LogP contribution in [-0.2, 0) is 17.8 Å². The minimum atomic E-state index is -2.63. The van der Waals surface area contributed by atoms with E-state index in [-0.39, 0.29) is 11.3 Å². The summed E-state index contributed by atoms with van der Waals surface area (Å²) in [5.74, 6) is -0.432. The average molecular weight is 438 g/mol. The second-order valence-electron chi connectivity index (χ2n) is 6.39. The molecule has 4 N–H and O–H groups in total. The number of para-hydroxylation sites is 1. The van der Waals surface area contributed by atoms with Crippen molar-refractivity contribution in [2.24, 2.45) is 0 Å². The third kappa shape index (κ3) is 5.87. The van der Waals surface area contributed by atoms with Gasteiger partial charge in [-0.2, -0.15) is 0 Å². The third-order valence-corrected chi connectivity index (χ3v) is 4.70. The van der Waals surface area contributed by atoms with Gasteiger partial charge in [-0.15, -0.1) is 0 Å². The Bertz CT molecular complexity index is 1110. The van der Waals surface area contributed by atoms with Crippen molar-refractivity contribution in [3.8, 4) is 11.1 Å². The first-order valence-corrected chi connectivity index (χ1v) is 10.3. The number of rotatable bonds is 7. The number of pyridine rings is 1. The van der Waals surface area contributed by atoms with Gasteiger partial charge in [0.2, 0.25) is 0 Å². The molecule has 0 aliphatic carbocycles. The number of carbonyl (C=O) groups excluding carboxylic acids is 2. The van der Waals surface area contributed by atoms with Crippen LogP contribution in [0.1, 0.15) is 15.9 Å². The number of hydrogen-bond acceptors (Lipinski definition) is 5. The van der Waals surface area contributed by atoms with Crippen LogP contribution in [0.3, 0.4) is 0 Å². The van der Waals surface area contributed by atoms with Crippen molar-refractivity contribution in [3.05, 3.63) is 78.1 Å². The molecule has 1 aromatic heterocycles. The van der Waals surface area contributed by atoms with E-state index in [1.165, 1.54) is 13.1 Å². The minimum Gasteiger partial charge on any atom is -0.755 e. The topological polar surface area (TPSA) is 135 Å². The first kappa shape index (κ1) is 21.9. The zero-order chi connectivity index (χ0) is 22.2. The van der Waals surface area contributed by atoms with Crippen molar-refractivity contribution in [3.63, 3.8) is 0 Å². The summed E-state index contributed by atoms with van der Waals surface area (Å²) in [6.45, 7) is 0.316. The summed E-state index contributed by atoms with van der Waals surface area (Å²) in [6.07, 6.45) is 3.31. The number of nitrogens with one attached hydrogen (secondary N) is 4. The van der Waals surface area contributed by atoms with E-state index in [1.807, 2.05) is 6.07 Å². The number of anilines is 2. The Morgan fingerprint density at radius 1 is 1.10 bits per heavy atom. The van der Waals surface area contributed by atoms with Gasteiger partial charge in [0.05, 0.1) is 11.3 Å². The third-order valence-electron chi connectivity index (χ3n) is 4.33. The van der Waals surface area contributed by atoms with Gasteiger partial charge in [0, 0.05) is 48.5 Å². The molecule has 0 bridgehead atoms. The molecule has 9 nitrogen and oxygen atoms in total. The van der Waals surface area contributed by atoms with E-state index in [2.05, 4.69) is 25.7 Å². The molecule has 31 heavy (non-hydrogen) atoms. The molecule has 160 valence electrons. The zero-order valence-electron chi connectivity index (χ0n) is 16.5. The summed E-state index contributed by atoms with van der Waals surface area (Å²) in [6, 6.07) is 14.9. The Labute approximate surface area is 181 Å². The molecule has 3 amide bonds. The normalized spacial score (nSPS) is 11.3. The van der Waals surface area contributed by atoms with Gasteiger partial charge in [-0.05, 0) is 35.4 Å². The molecule has 0 spiro atoms. The molecular weight excluding hydrogens is 418 g/mol. The van der Waals surface area contributed by atoms with Crippen LogP contribution in [0.2, 0.25) is 0 Å². The summed E-state index contributed by atoms with van der Waals surface area (Å²) >= 11 is -2.63. The van der Waals surface area contributed by atoms with Crippen LogP contribution in [0.15, 0.2) is 67.0 Å². The summed E-state index contributed by atoms with van der Waals surface area (Å²) in [5, 5.41) is 7.97. The van der Waals surface area contributed by atoms with E-state index in [1.54, 1.807) is 54.9 Å². The van der Waals surface area contributed by atoms with Crippen molar-refractivity contribution in [1.82, 2.24) is 15.6 Å². The highest BCUT2D eigenvalue weighted by atomic mass is 32.2.